The molecule has 1 aliphatic carbocycles. The normalized spacial score (nSPS) is 21.8. The Labute approximate surface area is 109 Å². The van der Waals surface area contributed by atoms with Crippen molar-refractivity contribution in [1.82, 2.24) is 10.3 Å². The molecule has 0 radical (unpaired) electrons. The zero-order valence-electron chi connectivity index (χ0n) is 11.3. The van der Waals surface area contributed by atoms with Gasteiger partial charge in [0.1, 0.15) is 0 Å². The Balaban J connectivity index is 1.73. The fourth-order valence-electron chi connectivity index (χ4n) is 2.66. The van der Waals surface area contributed by atoms with Crippen molar-refractivity contribution in [3.63, 3.8) is 0 Å². The number of carbonyl (C=O) groups excluding carboxylic acids is 1. The molecule has 0 aromatic carbocycles. The number of carbonyl (C=O) groups is 1. The molecule has 1 atom stereocenters. The lowest BCUT2D eigenvalue weighted by atomic mass is 9.92. The molecule has 3 heteroatoms. The molecular weight excluding hydrogens is 224 g/mol. The smallest absolute Gasteiger partial charge is 0.220 e. The van der Waals surface area contributed by atoms with Gasteiger partial charge in [-0.05, 0) is 42.7 Å². The molecule has 0 bridgehead atoms. The molecule has 1 aliphatic rings. The molecule has 0 saturated heterocycles. The van der Waals surface area contributed by atoms with Gasteiger partial charge >= 0.3 is 0 Å². The highest BCUT2D eigenvalue weighted by Gasteiger charge is 2.31. The third-order valence-corrected chi connectivity index (χ3v) is 3.70. The van der Waals surface area contributed by atoms with Crippen LogP contribution in [0.4, 0.5) is 0 Å². The molecule has 0 aliphatic heterocycles. The summed E-state index contributed by atoms with van der Waals surface area (Å²) in [4.78, 5) is 15.9. The van der Waals surface area contributed by atoms with Crippen LogP contribution in [-0.4, -0.2) is 16.9 Å². The first-order valence-electron chi connectivity index (χ1n) is 6.73. The molecule has 1 unspecified atom stereocenters. The molecule has 1 aromatic heterocycles. The van der Waals surface area contributed by atoms with Crippen LogP contribution in [0.2, 0.25) is 0 Å². The molecular formula is C15H22N2O. The maximum absolute atomic E-state index is 11.9. The number of aryl methyl sites for hydroxylation is 1. The van der Waals surface area contributed by atoms with Crippen molar-refractivity contribution in [3.05, 3.63) is 30.1 Å². The third kappa shape index (κ3) is 3.83. The van der Waals surface area contributed by atoms with Crippen molar-refractivity contribution >= 4 is 5.91 Å². The molecule has 3 nitrogen and oxygen atoms in total. The molecule has 1 N–H and O–H groups in total. The van der Waals surface area contributed by atoms with Gasteiger partial charge in [0, 0.05) is 24.9 Å². The van der Waals surface area contributed by atoms with Gasteiger partial charge in [-0.15, -0.1) is 0 Å². The lowest BCUT2D eigenvalue weighted by molar-refractivity contribution is -0.121. The van der Waals surface area contributed by atoms with Gasteiger partial charge in [-0.2, -0.15) is 0 Å². The van der Waals surface area contributed by atoms with Gasteiger partial charge in [-0.25, -0.2) is 0 Å². The van der Waals surface area contributed by atoms with Crippen LogP contribution >= 0.6 is 0 Å². The number of pyridine rings is 1. The van der Waals surface area contributed by atoms with Crippen molar-refractivity contribution in [2.24, 2.45) is 5.41 Å². The standard InChI is InChI=1S/C15H22N2O/c1-15(2)8-7-13(10-15)17-14(18)6-5-12-4-3-9-16-11-12/h3-4,9,11,13H,5-8,10H2,1-2H3,(H,17,18). The van der Waals surface area contributed by atoms with Crippen LogP contribution in [0.5, 0.6) is 0 Å². The number of amides is 1. The van der Waals surface area contributed by atoms with Crippen molar-refractivity contribution in [2.45, 2.75) is 52.0 Å². The lowest BCUT2D eigenvalue weighted by Gasteiger charge is -2.17. The van der Waals surface area contributed by atoms with Crippen molar-refractivity contribution in [2.75, 3.05) is 0 Å². The van der Waals surface area contributed by atoms with E-state index in [4.69, 9.17) is 0 Å². The first kappa shape index (κ1) is 13.1. The first-order chi connectivity index (χ1) is 8.55. The molecule has 1 amide bonds. The third-order valence-electron chi connectivity index (χ3n) is 3.70. The molecule has 1 aromatic rings. The second-order valence-electron chi connectivity index (χ2n) is 6.03. The predicted octanol–water partition coefficient (Wildman–Crippen LogP) is 2.71. The summed E-state index contributed by atoms with van der Waals surface area (Å²) < 4.78 is 0. The Morgan fingerprint density at radius 3 is 3.00 bits per heavy atom. The van der Waals surface area contributed by atoms with E-state index in [1.54, 1.807) is 6.20 Å². The Morgan fingerprint density at radius 2 is 2.39 bits per heavy atom. The fourth-order valence-corrected chi connectivity index (χ4v) is 2.66. The summed E-state index contributed by atoms with van der Waals surface area (Å²) in [6.07, 6.45) is 8.34. The van der Waals surface area contributed by atoms with Crippen LogP contribution in [0.1, 0.15) is 45.1 Å². The number of nitrogens with one attached hydrogen (secondary N) is 1. The predicted molar refractivity (Wildman–Crippen MR) is 72.1 cm³/mol. The van der Waals surface area contributed by atoms with E-state index in [0.29, 0.717) is 17.9 Å². The van der Waals surface area contributed by atoms with E-state index in [0.717, 1.165) is 24.8 Å². The van der Waals surface area contributed by atoms with Crippen LogP contribution in [0.3, 0.4) is 0 Å². The minimum atomic E-state index is 0.168. The molecule has 1 saturated carbocycles. The van der Waals surface area contributed by atoms with Crippen LogP contribution in [-0.2, 0) is 11.2 Å². The SMILES string of the molecule is CC1(C)CCC(NC(=O)CCc2cccnc2)C1. The van der Waals surface area contributed by atoms with Gasteiger partial charge < -0.3 is 5.32 Å². The summed E-state index contributed by atoms with van der Waals surface area (Å²) in [6.45, 7) is 4.55. The number of hydrogen-bond acceptors (Lipinski definition) is 2. The van der Waals surface area contributed by atoms with E-state index >= 15 is 0 Å². The van der Waals surface area contributed by atoms with Crippen molar-refractivity contribution in [3.8, 4) is 0 Å². The maximum atomic E-state index is 11.9. The number of hydrogen-bond donors (Lipinski definition) is 1. The molecule has 98 valence electrons. The van der Waals surface area contributed by atoms with Crippen molar-refractivity contribution in [1.29, 1.82) is 0 Å². The van der Waals surface area contributed by atoms with Gasteiger partial charge in [-0.3, -0.25) is 9.78 Å². The van der Waals surface area contributed by atoms with Crippen molar-refractivity contribution < 1.29 is 4.79 Å². The molecule has 18 heavy (non-hydrogen) atoms. The van der Waals surface area contributed by atoms with E-state index in [1.165, 1.54) is 6.42 Å². The van der Waals surface area contributed by atoms with Gasteiger partial charge in [0.25, 0.3) is 0 Å². The van der Waals surface area contributed by atoms with Crippen LogP contribution in [0.15, 0.2) is 24.5 Å². The highest BCUT2D eigenvalue weighted by molar-refractivity contribution is 5.76. The summed E-state index contributed by atoms with van der Waals surface area (Å²) in [6, 6.07) is 4.30. The van der Waals surface area contributed by atoms with E-state index in [2.05, 4.69) is 24.1 Å². The summed E-state index contributed by atoms with van der Waals surface area (Å²) in [5.41, 5.74) is 1.51. The van der Waals surface area contributed by atoms with Crippen LogP contribution < -0.4 is 5.32 Å². The lowest BCUT2D eigenvalue weighted by Crippen LogP contribution is -2.33. The Bertz CT molecular complexity index is 400. The largest absolute Gasteiger partial charge is 0.353 e. The maximum Gasteiger partial charge on any atom is 0.220 e. The highest BCUT2D eigenvalue weighted by atomic mass is 16.1. The molecule has 1 fully saturated rings. The van der Waals surface area contributed by atoms with E-state index in [-0.39, 0.29) is 5.91 Å². The van der Waals surface area contributed by atoms with Gasteiger partial charge in [0.05, 0.1) is 0 Å². The van der Waals surface area contributed by atoms with Crippen LogP contribution in [0, 0.1) is 5.41 Å². The second kappa shape index (κ2) is 5.51. The summed E-state index contributed by atoms with van der Waals surface area (Å²) in [7, 11) is 0. The minimum absolute atomic E-state index is 0.168. The zero-order chi connectivity index (χ0) is 13.0. The topological polar surface area (TPSA) is 42.0 Å². The van der Waals surface area contributed by atoms with Gasteiger partial charge in [-0.1, -0.05) is 19.9 Å². The number of aromatic nitrogens is 1. The molecule has 1 heterocycles. The molecule has 2 rings (SSSR count). The summed E-state index contributed by atoms with van der Waals surface area (Å²) in [5, 5.41) is 3.15. The van der Waals surface area contributed by atoms with E-state index in [9.17, 15) is 4.79 Å². The van der Waals surface area contributed by atoms with Crippen LogP contribution in [0.25, 0.3) is 0 Å². The zero-order valence-corrected chi connectivity index (χ0v) is 11.3. The monoisotopic (exact) mass is 246 g/mol. The highest BCUT2D eigenvalue weighted by Crippen LogP contribution is 2.36. The quantitative estimate of drug-likeness (QED) is 0.887. The Hall–Kier alpha value is -1.38. The number of rotatable bonds is 4. The number of nitrogens with zero attached hydrogens (tertiary/aromatic N) is 1. The van der Waals surface area contributed by atoms with Gasteiger partial charge in [0.15, 0.2) is 0 Å². The molecule has 0 spiro atoms. The van der Waals surface area contributed by atoms with E-state index < -0.39 is 0 Å². The minimum Gasteiger partial charge on any atom is -0.353 e. The van der Waals surface area contributed by atoms with Gasteiger partial charge in [0.2, 0.25) is 5.91 Å². The average molecular weight is 246 g/mol. The second-order valence-corrected chi connectivity index (χ2v) is 6.03. The van der Waals surface area contributed by atoms with E-state index in [1.807, 2.05) is 18.3 Å². The average Bonchev–Trinajstić information content (AvgIpc) is 2.67. The first-order valence-corrected chi connectivity index (χ1v) is 6.73. The summed E-state index contributed by atoms with van der Waals surface area (Å²) >= 11 is 0. The Morgan fingerprint density at radius 1 is 1.56 bits per heavy atom. The Kier molecular flexibility index (Phi) is 4.00. The fraction of sp³-hybridized carbons (Fsp3) is 0.600. The summed E-state index contributed by atoms with van der Waals surface area (Å²) in [5.74, 6) is 0.168.